The molecular weight excluding hydrogens is 152 g/mol. The molecule has 0 amide bonds. The molecule has 0 aromatic heterocycles. The van der Waals surface area contributed by atoms with Crippen molar-refractivity contribution < 1.29 is 0 Å². The maximum Gasteiger partial charge on any atom is 0.0374 e. The molecule has 0 heterocycles. The average molecular weight is 172 g/mol. The predicted molar refractivity (Wildman–Crippen MR) is 54.0 cm³/mol. The molecule has 0 atom stereocenters. The van der Waals surface area contributed by atoms with Crippen LogP contribution in [0.1, 0.15) is 19.8 Å². The normalized spacial score (nSPS) is 10.8. The molecule has 0 nitrogen and oxygen atoms in total. The molecule has 0 aliphatic carbocycles. The third-order valence-corrected chi connectivity index (χ3v) is 4.98. The van der Waals surface area contributed by atoms with Gasteiger partial charge in [-0.2, -0.15) is 0 Å². The zero-order valence-corrected chi connectivity index (χ0v) is 9.77. The van der Waals surface area contributed by atoms with Crippen molar-refractivity contribution in [2.24, 2.45) is 0 Å². The maximum absolute atomic E-state index is 2.45. The molecule has 0 aliphatic heterocycles. The highest BCUT2D eigenvalue weighted by Gasteiger charge is 1.95. The number of hydrogen-bond acceptors (Lipinski definition) is 0. The molecule has 0 rings (SSSR count). The summed E-state index contributed by atoms with van der Waals surface area (Å²) in [6, 6.07) is 4.60. The van der Waals surface area contributed by atoms with Crippen LogP contribution in [0.5, 0.6) is 0 Å². The first-order valence-corrected chi connectivity index (χ1v) is 9.02. The van der Waals surface area contributed by atoms with Gasteiger partial charge < -0.3 is 0 Å². The second-order valence-electron chi connectivity index (χ2n) is 3.29. The van der Waals surface area contributed by atoms with E-state index in [1.54, 1.807) is 6.04 Å². The highest BCUT2D eigenvalue weighted by molar-refractivity contribution is 6.57. The predicted octanol–water partition coefficient (Wildman–Crippen LogP) is 2.81. The number of rotatable bonds is 6. The van der Waals surface area contributed by atoms with Crippen molar-refractivity contribution in [3.63, 3.8) is 0 Å². The van der Waals surface area contributed by atoms with Gasteiger partial charge in [0.1, 0.15) is 0 Å². The highest BCUT2D eigenvalue weighted by Crippen LogP contribution is 2.01. The van der Waals surface area contributed by atoms with Crippen molar-refractivity contribution in [1.29, 1.82) is 0 Å². The van der Waals surface area contributed by atoms with E-state index in [9.17, 15) is 0 Å². The largest absolute Gasteiger partial charge is 0.0722 e. The van der Waals surface area contributed by atoms with Crippen molar-refractivity contribution in [3.8, 4) is 0 Å². The molecule has 0 N–H and O–H groups in total. The van der Waals surface area contributed by atoms with Gasteiger partial charge >= 0.3 is 0 Å². The van der Waals surface area contributed by atoms with Crippen LogP contribution >= 0.6 is 0 Å². The Bertz CT molecular complexity index is 62.3. The van der Waals surface area contributed by atoms with Gasteiger partial charge in [0.05, 0.1) is 0 Å². The first-order valence-electron chi connectivity index (χ1n) is 4.48. The Morgan fingerprint density at radius 2 is 1.90 bits per heavy atom. The summed E-state index contributed by atoms with van der Waals surface area (Å²) >= 11 is 0. The van der Waals surface area contributed by atoms with E-state index < -0.39 is 0 Å². The summed E-state index contributed by atoms with van der Waals surface area (Å²) in [5, 5.41) is 0. The standard InChI is InChI=1S/C8H20Si2/c1-4-5-6-9-7-8-10(2)3/h10H,4-8H2,1-3H3. The topological polar surface area (TPSA) is 0 Å². The van der Waals surface area contributed by atoms with Gasteiger partial charge in [0.15, 0.2) is 0 Å². The smallest absolute Gasteiger partial charge is 0.0374 e. The van der Waals surface area contributed by atoms with Gasteiger partial charge in [0, 0.05) is 18.3 Å². The van der Waals surface area contributed by atoms with Crippen molar-refractivity contribution >= 4 is 18.3 Å². The van der Waals surface area contributed by atoms with Crippen LogP contribution in [0, 0.1) is 0 Å². The Morgan fingerprint density at radius 3 is 2.40 bits per heavy atom. The van der Waals surface area contributed by atoms with Crippen LogP contribution in [-0.4, -0.2) is 18.3 Å². The first kappa shape index (κ1) is 10.4. The van der Waals surface area contributed by atoms with E-state index >= 15 is 0 Å². The van der Waals surface area contributed by atoms with Crippen molar-refractivity contribution in [1.82, 2.24) is 0 Å². The summed E-state index contributed by atoms with van der Waals surface area (Å²) in [5.41, 5.74) is 0. The van der Waals surface area contributed by atoms with Gasteiger partial charge in [-0.25, -0.2) is 0 Å². The van der Waals surface area contributed by atoms with Crippen LogP contribution in [0.4, 0.5) is 0 Å². The molecule has 0 fully saturated rings. The highest BCUT2D eigenvalue weighted by atomic mass is 28.3. The second-order valence-corrected chi connectivity index (χ2v) is 8.15. The zero-order valence-electron chi connectivity index (χ0n) is 7.61. The summed E-state index contributed by atoms with van der Waals surface area (Å²) < 4.78 is 0. The van der Waals surface area contributed by atoms with Gasteiger partial charge in [-0.1, -0.05) is 51.0 Å². The zero-order chi connectivity index (χ0) is 7.82. The molecule has 60 valence electrons. The van der Waals surface area contributed by atoms with E-state index in [1.807, 2.05) is 0 Å². The van der Waals surface area contributed by atoms with E-state index in [1.165, 1.54) is 34.4 Å². The molecule has 2 heteroatoms. The molecule has 0 aromatic rings. The molecule has 0 spiro atoms. The summed E-state index contributed by atoms with van der Waals surface area (Å²) in [7, 11) is 1.05. The molecule has 2 radical (unpaired) electrons. The van der Waals surface area contributed by atoms with Gasteiger partial charge in [-0.15, -0.1) is 0 Å². The van der Waals surface area contributed by atoms with Crippen LogP contribution in [0.25, 0.3) is 0 Å². The molecule has 0 aromatic carbocycles. The van der Waals surface area contributed by atoms with Crippen molar-refractivity contribution in [2.45, 2.75) is 51.0 Å². The molecule has 0 bridgehead atoms. The summed E-state index contributed by atoms with van der Waals surface area (Å²) in [6.45, 7) is 7.18. The van der Waals surface area contributed by atoms with Gasteiger partial charge in [-0.05, 0) is 0 Å². The average Bonchev–Trinajstić information content (AvgIpc) is 1.87. The minimum Gasteiger partial charge on any atom is -0.0722 e. The molecule has 0 aliphatic rings. The maximum atomic E-state index is 2.45. The van der Waals surface area contributed by atoms with Crippen molar-refractivity contribution in [2.75, 3.05) is 0 Å². The molecular formula is C8H20Si2. The van der Waals surface area contributed by atoms with Gasteiger partial charge in [-0.3, -0.25) is 0 Å². The van der Waals surface area contributed by atoms with Crippen LogP contribution in [0.3, 0.4) is 0 Å². The van der Waals surface area contributed by atoms with Crippen LogP contribution in [-0.2, 0) is 0 Å². The van der Waals surface area contributed by atoms with Crippen LogP contribution in [0.15, 0.2) is 0 Å². The Labute approximate surface area is 69.8 Å². The second kappa shape index (κ2) is 7.54. The van der Waals surface area contributed by atoms with Crippen LogP contribution < -0.4 is 0 Å². The fourth-order valence-corrected chi connectivity index (χ4v) is 4.80. The lowest BCUT2D eigenvalue weighted by molar-refractivity contribution is 0.877. The lowest BCUT2D eigenvalue weighted by atomic mass is 10.4. The SMILES string of the molecule is CCCC[Si]CC[SiH](C)C. The molecule has 0 unspecified atom stereocenters. The Hall–Kier alpha value is 0.434. The quantitative estimate of drug-likeness (QED) is 0.427. The van der Waals surface area contributed by atoms with Gasteiger partial charge in [0.2, 0.25) is 0 Å². The third-order valence-electron chi connectivity index (χ3n) is 1.61. The molecule has 0 saturated heterocycles. The number of hydrogen-bond donors (Lipinski definition) is 0. The summed E-state index contributed by atoms with van der Waals surface area (Å²) in [4.78, 5) is 0. The number of unbranched alkanes of at least 4 members (excludes halogenated alkanes) is 1. The Kier molecular flexibility index (Phi) is 7.87. The van der Waals surface area contributed by atoms with E-state index in [0.717, 1.165) is 0 Å². The lowest BCUT2D eigenvalue weighted by Gasteiger charge is -2.00. The fourth-order valence-electron chi connectivity index (χ4n) is 0.818. The van der Waals surface area contributed by atoms with E-state index in [4.69, 9.17) is 0 Å². The van der Waals surface area contributed by atoms with Crippen LogP contribution in [0.2, 0.25) is 31.2 Å². The molecule has 10 heavy (non-hydrogen) atoms. The van der Waals surface area contributed by atoms with Crippen molar-refractivity contribution in [3.05, 3.63) is 0 Å². The van der Waals surface area contributed by atoms with E-state index in [0.29, 0.717) is 0 Å². The fraction of sp³-hybridized carbons (Fsp3) is 1.00. The Morgan fingerprint density at radius 1 is 1.20 bits per heavy atom. The Balaban J connectivity index is 2.77. The van der Waals surface area contributed by atoms with E-state index in [2.05, 4.69) is 20.0 Å². The van der Waals surface area contributed by atoms with E-state index in [-0.39, 0.29) is 8.80 Å². The minimum absolute atomic E-state index is 0.215. The third kappa shape index (κ3) is 8.43. The summed E-state index contributed by atoms with van der Waals surface area (Å²) in [5.74, 6) is 0. The summed E-state index contributed by atoms with van der Waals surface area (Å²) in [6.07, 6.45) is 2.84. The monoisotopic (exact) mass is 172 g/mol. The lowest BCUT2D eigenvalue weighted by Crippen LogP contribution is -2.00. The first-order chi connectivity index (χ1) is 4.77. The van der Waals surface area contributed by atoms with Gasteiger partial charge in [0.25, 0.3) is 0 Å². The minimum atomic E-state index is -0.215. The molecule has 0 saturated carbocycles.